The first-order valence-corrected chi connectivity index (χ1v) is 4.40. The lowest BCUT2D eigenvalue weighted by Crippen LogP contribution is -2.37. The number of hydrogen-bond donors (Lipinski definition) is 1. The van der Waals surface area contributed by atoms with Gasteiger partial charge in [-0.1, -0.05) is 26.0 Å². The second kappa shape index (κ2) is 2.98. The van der Waals surface area contributed by atoms with Gasteiger partial charge in [-0.3, -0.25) is 0 Å². The van der Waals surface area contributed by atoms with Crippen LogP contribution in [-0.4, -0.2) is 11.2 Å². The molecule has 1 nitrogen and oxygen atoms in total. The SMILES string of the molecule is CC1CC=CC[C@]1(C)[C@@H](C)O. The molecule has 0 spiro atoms. The van der Waals surface area contributed by atoms with Gasteiger partial charge in [0.15, 0.2) is 0 Å². The number of rotatable bonds is 1. The first-order chi connectivity index (χ1) is 5.07. The minimum Gasteiger partial charge on any atom is -0.393 e. The van der Waals surface area contributed by atoms with E-state index in [1.807, 2.05) is 6.92 Å². The number of aliphatic hydroxyl groups excluding tert-OH is 1. The van der Waals surface area contributed by atoms with Gasteiger partial charge in [0.1, 0.15) is 0 Å². The van der Waals surface area contributed by atoms with Crippen molar-refractivity contribution in [1.82, 2.24) is 0 Å². The highest BCUT2D eigenvalue weighted by atomic mass is 16.3. The Morgan fingerprint density at radius 3 is 2.55 bits per heavy atom. The molecule has 0 aromatic carbocycles. The number of allylic oxidation sites excluding steroid dienone is 2. The largest absolute Gasteiger partial charge is 0.393 e. The van der Waals surface area contributed by atoms with Crippen molar-refractivity contribution >= 4 is 0 Å². The van der Waals surface area contributed by atoms with Crippen molar-refractivity contribution in [2.24, 2.45) is 11.3 Å². The topological polar surface area (TPSA) is 20.2 Å². The van der Waals surface area contributed by atoms with Gasteiger partial charge in [0.2, 0.25) is 0 Å². The third-order valence-electron chi connectivity index (χ3n) is 3.29. The van der Waals surface area contributed by atoms with E-state index in [2.05, 4.69) is 26.0 Å². The molecule has 0 heterocycles. The number of hydrogen-bond acceptors (Lipinski definition) is 1. The highest BCUT2D eigenvalue weighted by Gasteiger charge is 2.35. The molecular formula is C10H18O. The Bertz CT molecular complexity index is 160. The Morgan fingerprint density at radius 1 is 1.55 bits per heavy atom. The summed E-state index contributed by atoms with van der Waals surface area (Å²) >= 11 is 0. The van der Waals surface area contributed by atoms with Crippen molar-refractivity contribution in [3.05, 3.63) is 12.2 Å². The second-order valence-electron chi connectivity index (χ2n) is 3.99. The van der Waals surface area contributed by atoms with Gasteiger partial charge in [-0.05, 0) is 31.1 Å². The van der Waals surface area contributed by atoms with E-state index >= 15 is 0 Å². The fourth-order valence-electron chi connectivity index (χ4n) is 1.69. The Hall–Kier alpha value is -0.300. The van der Waals surface area contributed by atoms with E-state index in [1.165, 1.54) is 0 Å². The lowest BCUT2D eigenvalue weighted by Gasteiger charge is -2.39. The van der Waals surface area contributed by atoms with E-state index in [0.717, 1.165) is 12.8 Å². The summed E-state index contributed by atoms with van der Waals surface area (Å²) in [7, 11) is 0. The minimum atomic E-state index is -0.192. The molecule has 0 bridgehead atoms. The summed E-state index contributed by atoms with van der Waals surface area (Å²) in [5.41, 5.74) is 0.106. The van der Waals surface area contributed by atoms with Crippen molar-refractivity contribution in [2.75, 3.05) is 0 Å². The van der Waals surface area contributed by atoms with Crippen LogP contribution in [0, 0.1) is 11.3 Å². The van der Waals surface area contributed by atoms with Crippen LogP contribution < -0.4 is 0 Å². The summed E-state index contributed by atoms with van der Waals surface area (Å²) < 4.78 is 0. The fraction of sp³-hybridized carbons (Fsp3) is 0.800. The highest BCUT2D eigenvalue weighted by Crippen LogP contribution is 2.40. The second-order valence-corrected chi connectivity index (χ2v) is 3.99. The maximum atomic E-state index is 9.57. The summed E-state index contributed by atoms with van der Waals surface area (Å²) in [4.78, 5) is 0. The molecule has 1 rings (SSSR count). The molecule has 0 radical (unpaired) electrons. The molecule has 1 N–H and O–H groups in total. The molecule has 1 heteroatoms. The smallest absolute Gasteiger partial charge is 0.0571 e. The van der Waals surface area contributed by atoms with E-state index in [0.29, 0.717) is 5.92 Å². The lowest BCUT2D eigenvalue weighted by atomic mass is 9.68. The highest BCUT2D eigenvalue weighted by molar-refractivity contribution is 5.01. The van der Waals surface area contributed by atoms with Crippen molar-refractivity contribution in [3.63, 3.8) is 0 Å². The average Bonchev–Trinajstić information content (AvgIpc) is 1.95. The Kier molecular flexibility index (Phi) is 2.38. The van der Waals surface area contributed by atoms with Crippen molar-refractivity contribution < 1.29 is 5.11 Å². The van der Waals surface area contributed by atoms with Crippen LogP contribution in [0.5, 0.6) is 0 Å². The molecule has 0 fully saturated rings. The van der Waals surface area contributed by atoms with E-state index in [-0.39, 0.29) is 11.5 Å². The molecular weight excluding hydrogens is 136 g/mol. The summed E-state index contributed by atoms with van der Waals surface area (Å²) in [6.07, 6.45) is 6.34. The molecule has 3 atom stereocenters. The maximum absolute atomic E-state index is 9.57. The third kappa shape index (κ3) is 1.48. The maximum Gasteiger partial charge on any atom is 0.0571 e. The molecule has 0 saturated heterocycles. The molecule has 11 heavy (non-hydrogen) atoms. The van der Waals surface area contributed by atoms with Gasteiger partial charge in [-0.25, -0.2) is 0 Å². The molecule has 1 aliphatic carbocycles. The lowest BCUT2D eigenvalue weighted by molar-refractivity contribution is 0.00993. The monoisotopic (exact) mass is 154 g/mol. The molecule has 0 aromatic rings. The zero-order chi connectivity index (χ0) is 8.48. The van der Waals surface area contributed by atoms with Crippen molar-refractivity contribution in [3.8, 4) is 0 Å². The van der Waals surface area contributed by atoms with Gasteiger partial charge in [-0.15, -0.1) is 0 Å². The predicted octanol–water partition coefficient (Wildman–Crippen LogP) is 2.36. The summed E-state index contributed by atoms with van der Waals surface area (Å²) in [5.74, 6) is 0.604. The standard InChI is InChI=1S/C10H18O/c1-8-6-4-5-7-10(8,3)9(2)11/h4-5,8-9,11H,6-7H2,1-3H3/t8?,9-,10+/m1/s1. The molecule has 1 aliphatic rings. The van der Waals surface area contributed by atoms with Crippen LogP contribution in [0.4, 0.5) is 0 Å². The van der Waals surface area contributed by atoms with Gasteiger partial charge in [0.25, 0.3) is 0 Å². The summed E-state index contributed by atoms with van der Waals surface area (Å²) in [6, 6.07) is 0. The summed E-state index contributed by atoms with van der Waals surface area (Å²) in [5, 5.41) is 9.57. The van der Waals surface area contributed by atoms with E-state index in [9.17, 15) is 5.11 Å². The molecule has 0 amide bonds. The van der Waals surface area contributed by atoms with Gasteiger partial charge < -0.3 is 5.11 Å². The first kappa shape index (κ1) is 8.79. The van der Waals surface area contributed by atoms with Crippen LogP contribution in [0.25, 0.3) is 0 Å². The van der Waals surface area contributed by atoms with E-state index in [1.54, 1.807) is 0 Å². The Balaban J connectivity index is 2.75. The van der Waals surface area contributed by atoms with Crippen LogP contribution in [-0.2, 0) is 0 Å². The van der Waals surface area contributed by atoms with Gasteiger partial charge in [0.05, 0.1) is 6.10 Å². The zero-order valence-electron chi connectivity index (χ0n) is 7.67. The molecule has 0 aliphatic heterocycles. The summed E-state index contributed by atoms with van der Waals surface area (Å²) in [6.45, 7) is 6.29. The van der Waals surface area contributed by atoms with Crippen LogP contribution in [0.2, 0.25) is 0 Å². The third-order valence-corrected chi connectivity index (χ3v) is 3.29. The Labute approximate surface area is 69.1 Å². The first-order valence-electron chi connectivity index (χ1n) is 4.40. The molecule has 0 aromatic heterocycles. The molecule has 1 unspecified atom stereocenters. The van der Waals surface area contributed by atoms with Crippen LogP contribution >= 0.6 is 0 Å². The minimum absolute atomic E-state index is 0.106. The van der Waals surface area contributed by atoms with Crippen molar-refractivity contribution in [2.45, 2.75) is 39.7 Å². The average molecular weight is 154 g/mol. The predicted molar refractivity (Wildman–Crippen MR) is 47.3 cm³/mol. The van der Waals surface area contributed by atoms with Crippen LogP contribution in [0.3, 0.4) is 0 Å². The van der Waals surface area contributed by atoms with Crippen LogP contribution in [0.15, 0.2) is 12.2 Å². The van der Waals surface area contributed by atoms with Crippen molar-refractivity contribution in [1.29, 1.82) is 0 Å². The quantitative estimate of drug-likeness (QED) is 0.575. The van der Waals surface area contributed by atoms with Gasteiger partial charge in [-0.2, -0.15) is 0 Å². The molecule has 0 saturated carbocycles. The van der Waals surface area contributed by atoms with E-state index < -0.39 is 0 Å². The van der Waals surface area contributed by atoms with Crippen LogP contribution in [0.1, 0.15) is 33.6 Å². The zero-order valence-corrected chi connectivity index (χ0v) is 7.67. The van der Waals surface area contributed by atoms with Gasteiger partial charge >= 0.3 is 0 Å². The van der Waals surface area contributed by atoms with E-state index in [4.69, 9.17) is 0 Å². The van der Waals surface area contributed by atoms with Gasteiger partial charge in [0, 0.05) is 0 Å². The number of aliphatic hydroxyl groups is 1. The molecule has 64 valence electrons. The normalized spacial score (nSPS) is 40.5. The Morgan fingerprint density at radius 2 is 2.18 bits per heavy atom. The fourth-order valence-corrected chi connectivity index (χ4v) is 1.69.